The van der Waals surface area contributed by atoms with E-state index in [2.05, 4.69) is 22.7 Å². The minimum absolute atomic E-state index is 0.123. The van der Waals surface area contributed by atoms with Gasteiger partial charge in [-0.1, -0.05) is 6.92 Å². The number of nitrogens with zero attached hydrogens (tertiary/aromatic N) is 2. The molecule has 1 amide bonds. The molecule has 1 fully saturated rings. The molecule has 16 heavy (non-hydrogen) atoms. The van der Waals surface area contributed by atoms with Gasteiger partial charge in [-0.05, 0) is 18.5 Å². The molecular formula is C11H18N4O. The lowest BCUT2D eigenvalue weighted by molar-refractivity contribution is -0.125. The molecule has 88 valence electrons. The number of nitrogens with one attached hydrogen (secondary N) is 2. The molecule has 1 aromatic rings. The fourth-order valence-electron chi connectivity index (χ4n) is 2.02. The number of carbonyl (C=O) groups is 1. The highest BCUT2D eigenvalue weighted by Gasteiger charge is 2.28. The highest BCUT2D eigenvalue weighted by atomic mass is 16.1. The molecule has 5 heteroatoms. The van der Waals surface area contributed by atoms with Crippen molar-refractivity contribution in [2.75, 3.05) is 19.6 Å². The molecular weight excluding hydrogens is 204 g/mol. The number of hydrogen-bond donors (Lipinski definition) is 2. The number of aromatic nitrogens is 2. The molecule has 2 rings (SSSR count). The normalized spacial score (nSPS) is 24.6. The van der Waals surface area contributed by atoms with Gasteiger partial charge < -0.3 is 10.6 Å². The summed E-state index contributed by atoms with van der Waals surface area (Å²) in [6.07, 6.45) is 3.64. The van der Waals surface area contributed by atoms with Gasteiger partial charge in [-0.15, -0.1) is 0 Å². The summed E-state index contributed by atoms with van der Waals surface area (Å²) in [6, 6.07) is 1.88. The predicted octanol–water partition coefficient (Wildman–Crippen LogP) is -0.145. The van der Waals surface area contributed by atoms with Gasteiger partial charge in [0.05, 0.1) is 12.5 Å². The first-order valence-corrected chi connectivity index (χ1v) is 5.73. The van der Waals surface area contributed by atoms with Crippen molar-refractivity contribution in [3.63, 3.8) is 0 Å². The Morgan fingerprint density at radius 1 is 1.62 bits per heavy atom. The van der Waals surface area contributed by atoms with E-state index < -0.39 is 0 Å². The second-order valence-corrected chi connectivity index (χ2v) is 4.30. The van der Waals surface area contributed by atoms with Gasteiger partial charge >= 0.3 is 0 Å². The third-order valence-electron chi connectivity index (χ3n) is 3.05. The molecule has 0 aromatic carbocycles. The van der Waals surface area contributed by atoms with Crippen molar-refractivity contribution < 1.29 is 4.79 Å². The van der Waals surface area contributed by atoms with Gasteiger partial charge in [0.2, 0.25) is 5.91 Å². The summed E-state index contributed by atoms with van der Waals surface area (Å²) >= 11 is 0. The Bertz CT molecular complexity index is 336. The van der Waals surface area contributed by atoms with E-state index in [1.807, 2.05) is 16.9 Å². The Labute approximate surface area is 95.2 Å². The van der Waals surface area contributed by atoms with E-state index in [4.69, 9.17) is 0 Å². The summed E-state index contributed by atoms with van der Waals surface area (Å²) in [7, 11) is 0. The lowest BCUT2D eigenvalue weighted by Crippen LogP contribution is -2.36. The third kappa shape index (κ3) is 2.61. The molecule has 0 unspecified atom stereocenters. The number of carbonyl (C=O) groups excluding carboxylic acids is 1. The summed E-state index contributed by atoms with van der Waals surface area (Å²) in [5.74, 6) is 0.715. The predicted molar refractivity (Wildman–Crippen MR) is 60.8 cm³/mol. The van der Waals surface area contributed by atoms with Gasteiger partial charge in [-0.25, -0.2) is 0 Å². The van der Waals surface area contributed by atoms with Crippen molar-refractivity contribution in [2.45, 2.75) is 13.5 Å². The molecule has 2 N–H and O–H groups in total. The number of amides is 1. The number of rotatable bonds is 4. The lowest BCUT2D eigenvalue weighted by Gasteiger charge is -2.14. The quantitative estimate of drug-likeness (QED) is 0.745. The van der Waals surface area contributed by atoms with Crippen LogP contribution in [-0.4, -0.2) is 35.3 Å². The maximum Gasteiger partial charge on any atom is 0.224 e. The topological polar surface area (TPSA) is 59.0 Å². The monoisotopic (exact) mass is 222 g/mol. The highest BCUT2D eigenvalue weighted by Crippen LogP contribution is 2.15. The fourth-order valence-corrected chi connectivity index (χ4v) is 2.02. The van der Waals surface area contributed by atoms with E-state index in [0.29, 0.717) is 12.5 Å². The Morgan fingerprint density at radius 3 is 3.12 bits per heavy atom. The maximum atomic E-state index is 11.8. The summed E-state index contributed by atoms with van der Waals surface area (Å²) < 4.78 is 1.82. The summed E-state index contributed by atoms with van der Waals surface area (Å²) in [5.41, 5.74) is 0. The van der Waals surface area contributed by atoms with Crippen LogP contribution in [0.3, 0.4) is 0 Å². The van der Waals surface area contributed by atoms with E-state index in [1.165, 1.54) is 0 Å². The number of hydrogen-bond acceptors (Lipinski definition) is 3. The molecule has 2 atom stereocenters. The van der Waals surface area contributed by atoms with Crippen LogP contribution in [0.15, 0.2) is 18.5 Å². The van der Waals surface area contributed by atoms with Crippen molar-refractivity contribution in [2.24, 2.45) is 11.8 Å². The van der Waals surface area contributed by atoms with Crippen LogP contribution in [0.25, 0.3) is 0 Å². The van der Waals surface area contributed by atoms with Crippen molar-refractivity contribution in [3.8, 4) is 0 Å². The van der Waals surface area contributed by atoms with E-state index >= 15 is 0 Å². The zero-order valence-electron chi connectivity index (χ0n) is 9.52. The summed E-state index contributed by atoms with van der Waals surface area (Å²) in [5, 5.41) is 10.3. The molecule has 5 nitrogen and oxygen atoms in total. The first-order chi connectivity index (χ1) is 7.77. The van der Waals surface area contributed by atoms with Gasteiger partial charge in [0.15, 0.2) is 0 Å². The Kier molecular flexibility index (Phi) is 3.56. The second-order valence-electron chi connectivity index (χ2n) is 4.30. The summed E-state index contributed by atoms with van der Waals surface area (Å²) in [6.45, 7) is 5.22. The average molecular weight is 222 g/mol. The van der Waals surface area contributed by atoms with Crippen LogP contribution >= 0.6 is 0 Å². The zero-order chi connectivity index (χ0) is 11.4. The maximum absolute atomic E-state index is 11.8. The fraction of sp³-hybridized carbons (Fsp3) is 0.636. The van der Waals surface area contributed by atoms with Crippen molar-refractivity contribution in [3.05, 3.63) is 18.5 Å². The van der Waals surface area contributed by atoms with Crippen LogP contribution in [0, 0.1) is 11.8 Å². The van der Waals surface area contributed by atoms with E-state index in [-0.39, 0.29) is 11.8 Å². The molecule has 2 heterocycles. The first-order valence-electron chi connectivity index (χ1n) is 5.73. The lowest BCUT2D eigenvalue weighted by atomic mass is 9.97. The van der Waals surface area contributed by atoms with Gasteiger partial charge in [0.1, 0.15) is 0 Å². The van der Waals surface area contributed by atoms with Gasteiger partial charge in [0.25, 0.3) is 0 Å². The molecule has 0 spiro atoms. The second kappa shape index (κ2) is 5.12. The van der Waals surface area contributed by atoms with Crippen LogP contribution < -0.4 is 10.6 Å². The molecule has 1 aromatic heterocycles. The van der Waals surface area contributed by atoms with Crippen molar-refractivity contribution in [1.29, 1.82) is 0 Å². The minimum Gasteiger partial charge on any atom is -0.354 e. The largest absolute Gasteiger partial charge is 0.354 e. The van der Waals surface area contributed by atoms with Gasteiger partial charge in [0, 0.05) is 25.5 Å². The van der Waals surface area contributed by atoms with Gasteiger partial charge in [-0.2, -0.15) is 5.10 Å². The molecule has 0 bridgehead atoms. The average Bonchev–Trinajstić information content (AvgIpc) is 2.88. The highest BCUT2D eigenvalue weighted by molar-refractivity contribution is 5.79. The molecule has 0 saturated carbocycles. The SMILES string of the molecule is C[C@@H]1CNC[C@H]1C(=O)NCCn1cccn1. The summed E-state index contributed by atoms with van der Waals surface area (Å²) in [4.78, 5) is 11.8. The molecule has 1 aliphatic rings. The zero-order valence-corrected chi connectivity index (χ0v) is 9.52. The smallest absolute Gasteiger partial charge is 0.224 e. The standard InChI is InChI=1S/C11H18N4O/c1-9-7-12-8-10(9)11(16)13-4-6-15-5-2-3-14-15/h2-3,5,9-10,12H,4,6-8H2,1H3,(H,13,16)/t9-,10-/m1/s1. The molecule has 1 aliphatic heterocycles. The van der Waals surface area contributed by atoms with Crippen molar-refractivity contribution in [1.82, 2.24) is 20.4 Å². The van der Waals surface area contributed by atoms with Crippen LogP contribution in [0.1, 0.15) is 6.92 Å². The molecule has 0 aliphatic carbocycles. The van der Waals surface area contributed by atoms with Gasteiger partial charge in [-0.3, -0.25) is 9.48 Å². The van der Waals surface area contributed by atoms with Crippen molar-refractivity contribution >= 4 is 5.91 Å². The Balaban J connectivity index is 1.71. The van der Waals surface area contributed by atoms with E-state index in [0.717, 1.165) is 19.6 Å². The third-order valence-corrected chi connectivity index (χ3v) is 3.05. The van der Waals surface area contributed by atoms with Crippen LogP contribution in [0.2, 0.25) is 0 Å². The first kappa shape index (κ1) is 11.1. The Hall–Kier alpha value is -1.36. The van der Waals surface area contributed by atoms with Crippen LogP contribution in [-0.2, 0) is 11.3 Å². The Morgan fingerprint density at radius 2 is 2.50 bits per heavy atom. The van der Waals surface area contributed by atoms with E-state index in [1.54, 1.807) is 6.20 Å². The molecule has 1 saturated heterocycles. The van der Waals surface area contributed by atoms with E-state index in [9.17, 15) is 4.79 Å². The molecule has 0 radical (unpaired) electrons. The van der Waals surface area contributed by atoms with Crippen LogP contribution in [0.4, 0.5) is 0 Å². The minimum atomic E-state index is 0.123. The van der Waals surface area contributed by atoms with Crippen LogP contribution in [0.5, 0.6) is 0 Å².